The molecule has 10 nitrogen and oxygen atoms in total. The van der Waals surface area contributed by atoms with Gasteiger partial charge >= 0.3 is 11.9 Å². The van der Waals surface area contributed by atoms with E-state index in [0.717, 1.165) is 19.6 Å². The van der Waals surface area contributed by atoms with Crippen molar-refractivity contribution in [3.05, 3.63) is 63.5 Å². The summed E-state index contributed by atoms with van der Waals surface area (Å²) in [7, 11) is 2.51. The zero-order chi connectivity index (χ0) is 28.1. The number of quaternary nitrogens is 1. The number of methoxy groups -OCH3 is 2. The third kappa shape index (κ3) is 5.35. The SMILES string of the molecule is CC[NH+](CC)CCCN1C(=O)C(=O)C(=C([O-])c2c(C)[nH]c(C(=O)OC)c2C)C1c1ccc(C(=O)OC)cc1. The Morgan fingerprint density at radius 2 is 1.63 bits per heavy atom. The van der Waals surface area contributed by atoms with Crippen LogP contribution in [0.1, 0.15) is 69.5 Å². The summed E-state index contributed by atoms with van der Waals surface area (Å²) in [5, 5.41) is 13.9. The lowest BCUT2D eigenvalue weighted by Crippen LogP contribution is -3.11. The minimum atomic E-state index is -0.934. The minimum absolute atomic E-state index is 0.115. The number of aromatic amines is 1. The smallest absolute Gasteiger partial charge is 0.354 e. The summed E-state index contributed by atoms with van der Waals surface area (Å²) in [6.07, 6.45) is 0.642. The maximum absolute atomic E-state index is 13.9. The maximum atomic E-state index is 13.9. The highest BCUT2D eigenvalue weighted by molar-refractivity contribution is 6.46. The van der Waals surface area contributed by atoms with Crippen LogP contribution in [0.4, 0.5) is 0 Å². The highest BCUT2D eigenvalue weighted by Gasteiger charge is 2.44. The number of likely N-dealkylation sites (tertiary alicyclic amines) is 1. The molecule has 1 aliphatic heterocycles. The van der Waals surface area contributed by atoms with Crippen LogP contribution in [-0.2, 0) is 19.1 Å². The summed E-state index contributed by atoms with van der Waals surface area (Å²) in [4.78, 5) is 56.4. The number of esters is 2. The molecule has 38 heavy (non-hydrogen) atoms. The largest absolute Gasteiger partial charge is 0.872 e. The molecule has 0 radical (unpaired) electrons. The number of Topliss-reactive ketones (excluding diaryl/α,β-unsaturated/α-hetero) is 1. The lowest BCUT2D eigenvalue weighted by molar-refractivity contribution is -0.896. The summed E-state index contributed by atoms with van der Waals surface area (Å²) in [6.45, 7) is 10.4. The van der Waals surface area contributed by atoms with Crippen molar-refractivity contribution in [2.45, 2.75) is 40.2 Å². The number of H-pyrrole nitrogens is 1. The van der Waals surface area contributed by atoms with Crippen molar-refractivity contribution in [1.82, 2.24) is 9.88 Å². The fourth-order valence-corrected chi connectivity index (χ4v) is 5.00. The summed E-state index contributed by atoms with van der Waals surface area (Å²) in [5.74, 6) is -3.40. The third-order valence-electron chi connectivity index (χ3n) is 7.16. The van der Waals surface area contributed by atoms with Crippen molar-refractivity contribution in [1.29, 1.82) is 0 Å². The first-order chi connectivity index (χ1) is 18.1. The van der Waals surface area contributed by atoms with E-state index in [0.29, 0.717) is 28.8 Å². The molecular weight excluding hydrogens is 490 g/mol. The van der Waals surface area contributed by atoms with Crippen LogP contribution < -0.4 is 10.0 Å². The van der Waals surface area contributed by atoms with Crippen LogP contribution in [0.25, 0.3) is 5.76 Å². The first kappa shape index (κ1) is 28.6. The molecule has 0 spiro atoms. The molecule has 0 aliphatic carbocycles. The van der Waals surface area contributed by atoms with E-state index in [1.807, 2.05) is 0 Å². The van der Waals surface area contributed by atoms with Gasteiger partial charge in [-0.05, 0) is 56.5 Å². The fourth-order valence-electron chi connectivity index (χ4n) is 5.00. The van der Waals surface area contributed by atoms with Crippen molar-refractivity contribution >= 4 is 29.4 Å². The zero-order valence-electron chi connectivity index (χ0n) is 22.7. The number of hydrogen-bond acceptors (Lipinski definition) is 7. The van der Waals surface area contributed by atoms with Gasteiger partial charge < -0.3 is 29.4 Å². The molecule has 1 aliphatic rings. The van der Waals surface area contributed by atoms with Gasteiger partial charge in [-0.2, -0.15) is 0 Å². The number of nitrogens with zero attached hydrogens (tertiary/aromatic N) is 1. The molecule has 1 fully saturated rings. The monoisotopic (exact) mass is 525 g/mol. The van der Waals surface area contributed by atoms with E-state index < -0.39 is 35.4 Å². The van der Waals surface area contributed by atoms with Crippen LogP contribution in [0.5, 0.6) is 0 Å². The van der Waals surface area contributed by atoms with Gasteiger partial charge in [0.05, 0.1) is 45.5 Å². The molecule has 1 atom stereocenters. The number of carbonyl (C=O) groups is 4. The van der Waals surface area contributed by atoms with Crippen molar-refractivity contribution in [3.63, 3.8) is 0 Å². The lowest BCUT2D eigenvalue weighted by atomic mass is 9.93. The topological polar surface area (TPSA) is 133 Å². The molecule has 204 valence electrons. The van der Waals surface area contributed by atoms with Crippen molar-refractivity contribution in [3.8, 4) is 0 Å². The predicted molar refractivity (Wildman–Crippen MR) is 137 cm³/mol. The number of rotatable bonds is 10. The van der Waals surface area contributed by atoms with E-state index in [2.05, 4.69) is 18.8 Å². The summed E-state index contributed by atoms with van der Waals surface area (Å²) >= 11 is 0. The number of aryl methyl sites for hydroxylation is 1. The van der Waals surface area contributed by atoms with Crippen LogP contribution in [0, 0.1) is 13.8 Å². The van der Waals surface area contributed by atoms with Crippen molar-refractivity contribution in [2.24, 2.45) is 0 Å². The predicted octanol–water partition coefficient (Wildman–Crippen LogP) is 0.744. The van der Waals surface area contributed by atoms with Gasteiger partial charge in [-0.3, -0.25) is 9.59 Å². The molecule has 1 aromatic carbocycles. The third-order valence-corrected chi connectivity index (χ3v) is 7.16. The molecule has 2 aromatic rings. The molecule has 2 heterocycles. The second kappa shape index (κ2) is 12.1. The molecule has 0 saturated carbocycles. The molecule has 2 N–H and O–H groups in total. The Morgan fingerprint density at radius 1 is 1.03 bits per heavy atom. The molecule has 10 heteroatoms. The van der Waals surface area contributed by atoms with E-state index in [1.54, 1.807) is 26.0 Å². The van der Waals surface area contributed by atoms with Crippen molar-refractivity contribution < 1.29 is 38.7 Å². The van der Waals surface area contributed by atoms with E-state index >= 15 is 0 Å². The number of aromatic nitrogens is 1. The average molecular weight is 526 g/mol. The fraction of sp³-hybridized carbons (Fsp3) is 0.429. The molecule has 1 saturated heterocycles. The summed E-state index contributed by atoms with van der Waals surface area (Å²) in [5.41, 5.74) is 1.65. The lowest BCUT2D eigenvalue weighted by Gasteiger charge is -2.28. The molecule has 0 bridgehead atoms. The van der Waals surface area contributed by atoms with Gasteiger partial charge in [0, 0.05) is 24.2 Å². The van der Waals surface area contributed by atoms with Crippen molar-refractivity contribution in [2.75, 3.05) is 40.4 Å². The Kier molecular flexibility index (Phi) is 9.11. The highest BCUT2D eigenvalue weighted by Crippen LogP contribution is 2.40. The van der Waals surface area contributed by atoms with Crippen LogP contribution in [0.2, 0.25) is 0 Å². The molecule has 1 unspecified atom stereocenters. The normalized spacial score (nSPS) is 16.8. The van der Waals surface area contributed by atoms with E-state index in [4.69, 9.17) is 9.47 Å². The second-order valence-electron chi connectivity index (χ2n) is 9.26. The quantitative estimate of drug-likeness (QED) is 0.202. The Morgan fingerprint density at radius 3 is 2.18 bits per heavy atom. The number of benzene rings is 1. The van der Waals surface area contributed by atoms with E-state index in [9.17, 15) is 24.3 Å². The number of ketones is 1. The van der Waals surface area contributed by atoms with Crippen LogP contribution >= 0.6 is 0 Å². The molecule has 1 amide bonds. The van der Waals surface area contributed by atoms with E-state index in [1.165, 1.54) is 36.2 Å². The average Bonchev–Trinajstić information content (AvgIpc) is 3.36. The van der Waals surface area contributed by atoms with Gasteiger partial charge in [0.25, 0.3) is 5.91 Å². The zero-order valence-corrected chi connectivity index (χ0v) is 22.7. The first-order valence-corrected chi connectivity index (χ1v) is 12.7. The minimum Gasteiger partial charge on any atom is -0.872 e. The standard InChI is InChI=1S/C28H35N3O7/c1-7-30(8-2)14-9-15-31-23(18-10-12-19(13-11-18)27(35)37-5)21(25(33)26(31)34)24(32)20-16(3)22(28(36)38-6)29-17(20)4/h10-13,23,29,32H,7-9,14-15H2,1-6H3. The van der Waals surface area contributed by atoms with Gasteiger partial charge in [-0.25, -0.2) is 9.59 Å². The van der Waals surface area contributed by atoms with Crippen LogP contribution in [0.3, 0.4) is 0 Å². The number of hydrogen-bond donors (Lipinski definition) is 2. The molecule has 1 aromatic heterocycles. The number of ether oxygens (including phenoxy) is 2. The Balaban J connectivity index is 2.14. The maximum Gasteiger partial charge on any atom is 0.354 e. The van der Waals surface area contributed by atoms with Gasteiger partial charge in [0.2, 0.25) is 5.78 Å². The number of carbonyl (C=O) groups excluding carboxylic acids is 4. The van der Waals surface area contributed by atoms with Crippen LogP contribution in [0.15, 0.2) is 29.8 Å². The second-order valence-corrected chi connectivity index (χ2v) is 9.26. The van der Waals surface area contributed by atoms with Gasteiger partial charge in [0.15, 0.2) is 0 Å². The van der Waals surface area contributed by atoms with E-state index in [-0.39, 0.29) is 23.4 Å². The van der Waals surface area contributed by atoms with Gasteiger partial charge in [-0.15, -0.1) is 0 Å². The van der Waals surface area contributed by atoms with Gasteiger partial charge in [0.1, 0.15) is 5.69 Å². The highest BCUT2D eigenvalue weighted by atomic mass is 16.5. The Labute approximate surface area is 222 Å². The van der Waals surface area contributed by atoms with Crippen LogP contribution in [-0.4, -0.2) is 73.9 Å². The molecular formula is C28H35N3O7. The Hall–Kier alpha value is -3.92. The number of nitrogens with one attached hydrogen (secondary N) is 2. The Bertz CT molecular complexity index is 1260. The van der Waals surface area contributed by atoms with Gasteiger partial charge in [-0.1, -0.05) is 17.9 Å². The molecule has 3 rings (SSSR count). The number of amides is 1. The summed E-state index contributed by atoms with van der Waals surface area (Å²) in [6, 6.07) is 5.38. The summed E-state index contributed by atoms with van der Waals surface area (Å²) < 4.78 is 9.57. The first-order valence-electron chi connectivity index (χ1n) is 12.7.